The third-order valence-electron chi connectivity index (χ3n) is 5.71. The van der Waals surface area contributed by atoms with E-state index in [-0.39, 0.29) is 23.3 Å². The highest BCUT2D eigenvalue weighted by Crippen LogP contribution is 2.30. The first-order valence-corrected chi connectivity index (χ1v) is 10.6. The van der Waals surface area contributed by atoms with Crippen LogP contribution < -0.4 is 5.43 Å². The number of carbonyl (C=O) groups excluding carboxylic acids is 2. The van der Waals surface area contributed by atoms with Gasteiger partial charge in [0.25, 0.3) is 0 Å². The number of nitrogens with one attached hydrogen (secondary N) is 2. The van der Waals surface area contributed by atoms with E-state index in [1.165, 1.54) is 0 Å². The van der Waals surface area contributed by atoms with Gasteiger partial charge in [0.15, 0.2) is 11.3 Å². The van der Waals surface area contributed by atoms with E-state index in [1.54, 1.807) is 18.5 Å². The molecule has 31 heavy (non-hydrogen) atoms. The van der Waals surface area contributed by atoms with Crippen LogP contribution in [0.15, 0.2) is 41.7 Å². The van der Waals surface area contributed by atoms with E-state index in [9.17, 15) is 9.59 Å². The molecule has 4 heterocycles. The summed E-state index contributed by atoms with van der Waals surface area (Å²) in [6.07, 6.45) is 8.63. The van der Waals surface area contributed by atoms with Gasteiger partial charge in [-0.05, 0) is 43.9 Å². The monoisotopic (exact) mass is 424 g/mol. The van der Waals surface area contributed by atoms with E-state index in [0.717, 1.165) is 36.6 Å². The molecule has 162 valence electrons. The molecule has 2 aliphatic heterocycles. The van der Waals surface area contributed by atoms with Crippen molar-refractivity contribution in [2.75, 3.05) is 26.3 Å². The fourth-order valence-electron chi connectivity index (χ4n) is 4.07. The lowest BCUT2D eigenvalue weighted by molar-refractivity contribution is -0.144. The lowest BCUT2D eigenvalue weighted by Crippen LogP contribution is -2.45. The third kappa shape index (κ3) is 4.06. The molecule has 1 saturated carbocycles. The number of hydrogen-bond donors (Lipinski definition) is 2. The predicted molar refractivity (Wildman–Crippen MR) is 111 cm³/mol. The molecule has 1 saturated heterocycles. The van der Waals surface area contributed by atoms with Crippen molar-refractivity contribution in [3.63, 3.8) is 0 Å². The maximum Gasteiger partial charge on any atom is 0.348 e. The molecule has 0 radical (unpaired) electrons. The molecule has 2 N–H and O–H groups in total. The number of esters is 1. The van der Waals surface area contributed by atoms with Crippen molar-refractivity contribution in [1.29, 1.82) is 0 Å². The summed E-state index contributed by atoms with van der Waals surface area (Å²) < 4.78 is 16.8. The molecule has 9 nitrogen and oxygen atoms in total. The standard InChI is InChI=1S/C22H24N4O5/c27-19-17(12-14-13-24-20-16(14)6-3-7-23-20)31-21(25-26-8-10-29-11-9-26)18(19)22(28)30-15-4-1-2-5-15/h3,6-7,12-13,15,25H,1-2,4-5,8-11H2,(H,23,24)/b17-12-. The smallest absolute Gasteiger partial charge is 0.348 e. The van der Waals surface area contributed by atoms with Gasteiger partial charge in [-0.25, -0.2) is 14.8 Å². The first-order valence-electron chi connectivity index (χ1n) is 10.6. The summed E-state index contributed by atoms with van der Waals surface area (Å²) in [6.45, 7) is 2.33. The molecule has 0 unspecified atom stereocenters. The second-order valence-corrected chi connectivity index (χ2v) is 7.81. The molecule has 0 atom stereocenters. The van der Waals surface area contributed by atoms with E-state index in [2.05, 4.69) is 15.4 Å². The van der Waals surface area contributed by atoms with Crippen molar-refractivity contribution in [2.45, 2.75) is 31.8 Å². The summed E-state index contributed by atoms with van der Waals surface area (Å²) in [5, 5.41) is 2.73. The van der Waals surface area contributed by atoms with Crippen LogP contribution in [0.25, 0.3) is 17.1 Å². The zero-order chi connectivity index (χ0) is 21.2. The number of fused-ring (bicyclic) bond motifs is 1. The van der Waals surface area contributed by atoms with E-state index in [0.29, 0.717) is 32.0 Å². The van der Waals surface area contributed by atoms with Gasteiger partial charge in [0.2, 0.25) is 11.7 Å². The lowest BCUT2D eigenvalue weighted by atomic mass is 10.1. The van der Waals surface area contributed by atoms with Crippen LogP contribution in [0.2, 0.25) is 0 Å². The quantitative estimate of drug-likeness (QED) is 0.427. The summed E-state index contributed by atoms with van der Waals surface area (Å²) in [5.74, 6) is -0.952. The van der Waals surface area contributed by atoms with Crippen LogP contribution in [0.5, 0.6) is 0 Å². The van der Waals surface area contributed by atoms with Crippen LogP contribution in [-0.2, 0) is 23.8 Å². The average molecular weight is 424 g/mol. The van der Waals surface area contributed by atoms with Crippen LogP contribution >= 0.6 is 0 Å². The van der Waals surface area contributed by atoms with Crippen molar-refractivity contribution < 1.29 is 23.8 Å². The van der Waals surface area contributed by atoms with Gasteiger partial charge in [0, 0.05) is 36.4 Å². The Morgan fingerprint density at radius 1 is 1.29 bits per heavy atom. The SMILES string of the molecule is O=C(OC1CCCC1)C1=C(NN2CCOCC2)O/C(=C\c2c[nH]c3ncccc23)C1=O. The number of carbonyl (C=O) groups is 2. The summed E-state index contributed by atoms with van der Waals surface area (Å²) in [7, 11) is 0. The average Bonchev–Trinajstić information content (AvgIpc) is 3.50. The van der Waals surface area contributed by atoms with Crippen LogP contribution in [-0.4, -0.2) is 59.1 Å². The summed E-state index contributed by atoms with van der Waals surface area (Å²) >= 11 is 0. The molecule has 3 aliphatic rings. The molecule has 9 heteroatoms. The zero-order valence-corrected chi connectivity index (χ0v) is 17.1. The van der Waals surface area contributed by atoms with Crippen molar-refractivity contribution in [3.8, 4) is 0 Å². The van der Waals surface area contributed by atoms with E-state index in [4.69, 9.17) is 14.2 Å². The van der Waals surface area contributed by atoms with Crippen molar-refractivity contribution >= 4 is 28.9 Å². The number of rotatable bonds is 5. The maximum absolute atomic E-state index is 13.2. The second-order valence-electron chi connectivity index (χ2n) is 7.81. The van der Waals surface area contributed by atoms with Gasteiger partial charge in [-0.1, -0.05) is 0 Å². The number of H-pyrrole nitrogens is 1. The molecule has 1 aliphatic carbocycles. The largest absolute Gasteiger partial charge is 0.459 e. The van der Waals surface area contributed by atoms with E-state index >= 15 is 0 Å². The Labute approximate surface area is 179 Å². The summed E-state index contributed by atoms with van der Waals surface area (Å²) in [4.78, 5) is 33.4. The van der Waals surface area contributed by atoms with Gasteiger partial charge < -0.3 is 19.2 Å². The Bertz CT molecular complexity index is 1060. The number of ketones is 1. The minimum atomic E-state index is -0.642. The fourth-order valence-corrected chi connectivity index (χ4v) is 4.07. The molecule has 0 spiro atoms. The van der Waals surface area contributed by atoms with Crippen molar-refractivity contribution in [1.82, 2.24) is 20.4 Å². The Morgan fingerprint density at radius 2 is 2.10 bits per heavy atom. The highest BCUT2D eigenvalue weighted by molar-refractivity contribution is 6.26. The fraction of sp³-hybridized carbons (Fsp3) is 0.409. The molecule has 2 aromatic rings. The van der Waals surface area contributed by atoms with Crippen LogP contribution in [0.3, 0.4) is 0 Å². The van der Waals surface area contributed by atoms with Gasteiger partial charge >= 0.3 is 5.97 Å². The molecule has 0 amide bonds. The minimum Gasteiger partial charge on any atom is -0.459 e. The number of aromatic nitrogens is 2. The zero-order valence-electron chi connectivity index (χ0n) is 17.1. The van der Waals surface area contributed by atoms with Crippen LogP contribution in [0, 0.1) is 0 Å². The van der Waals surface area contributed by atoms with Gasteiger partial charge in [-0.3, -0.25) is 10.2 Å². The normalized spacial score (nSPS) is 21.8. The van der Waals surface area contributed by atoms with Crippen LogP contribution in [0.4, 0.5) is 0 Å². The Morgan fingerprint density at radius 3 is 2.90 bits per heavy atom. The van der Waals surface area contributed by atoms with Crippen molar-refractivity contribution in [3.05, 3.63) is 47.3 Å². The molecule has 0 aromatic carbocycles. The predicted octanol–water partition coefficient (Wildman–Crippen LogP) is 2.04. The first kappa shape index (κ1) is 19.8. The first-order chi connectivity index (χ1) is 15.2. The number of hydrogen-bond acceptors (Lipinski definition) is 8. The molecular weight excluding hydrogens is 400 g/mol. The molecule has 2 fully saturated rings. The van der Waals surface area contributed by atoms with Gasteiger partial charge in [0.05, 0.1) is 13.2 Å². The van der Waals surface area contributed by atoms with E-state index < -0.39 is 11.8 Å². The molecular formula is C22H24N4O5. The number of pyridine rings is 1. The van der Waals surface area contributed by atoms with E-state index in [1.807, 2.05) is 17.1 Å². The second kappa shape index (κ2) is 8.52. The molecule has 5 rings (SSSR count). The minimum absolute atomic E-state index is 0.0684. The number of Topliss-reactive ketones (excluding diaryl/α,β-unsaturated/α-hetero) is 1. The van der Waals surface area contributed by atoms with Gasteiger partial charge in [0.1, 0.15) is 11.8 Å². The molecule has 0 bridgehead atoms. The highest BCUT2D eigenvalue weighted by Gasteiger charge is 2.39. The summed E-state index contributed by atoms with van der Waals surface area (Å²) in [6, 6.07) is 3.73. The Kier molecular flexibility index (Phi) is 5.44. The van der Waals surface area contributed by atoms with Gasteiger partial charge in [-0.2, -0.15) is 0 Å². The number of morpholine rings is 1. The maximum atomic E-state index is 13.2. The Balaban J connectivity index is 1.43. The molecule has 2 aromatic heterocycles. The topological polar surface area (TPSA) is 106 Å². The number of nitrogens with zero attached hydrogens (tertiary/aromatic N) is 2. The number of aromatic amines is 1. The van der Waals surface area contributed by atoms with Crippen LogP contribution in [0.1, 0.15) is 31.2 Å². The third-order valence-corrected chi connectivity index (χ3v) is 5.71. The number of ether oxygens (including phenoxy) is 3. The highest BCUT2D eigenvalue weighted by atomic mass is 16.6. The summed E-state index contributed by atoms with van der Waals surface area (Å²) in [5.41, 5.74) is 4.45. The van der Waals surface area contributed by atoms with Crippen molar-refractivity contribution in [2.24, 2.45) is 0 Å². The number of hydrazine groups is 1. The van der Waals surface area contributed by atoms with Gasteiger partial charge in [-0.15, -0.1) is 0 Å². The lowest BCUT2D eigenvalue weighted by Gasteiger charge is -2.27. The number of allylic oxidation sites excluding steroid dienone is 1. The Hall–Kier alpha value is -3.17.